The fourth-order valence-electron chi connectivity index (χ4n) is 0.943. The van der Waals surface area contributed by atoms with E-state index in [1.54, 1.807) is 6.26 Å². The van der Waals surface area contributed by atoms with Gasteiger partial charge >= 0.3 is 11.3 Å². The van der Waals surface area contributed by atoms with E-state index >= 15 is 0 Å². The van der Waals surface area contributed by atoms with Gasteiger partial charge in [-0.15, -0.1) is 0 Å². The van der Waals surface area contributed by atoms with Crippen molar-refractivity contribution in [2.75, 3.05) is 19.3 Å². The van der Waals surface area contributed by atoms with E-state index in [1.165, 1.54) is 0 Å². The predicted molar refractivity (Wildman–Crippen MR) is 48.3 cm³/mol. The third kappa shape index (κ3) is 2.31. The zero-order valence-electron chi connectivity index (χ0n) is 6.76. The number of amides is 1. The van der Waals surface area contributed by atoms with Gasteiger partial charge in [0.25, 0.3) is 0 Å². The highest BCUT2D eigenvalue weighted by Crippen LogP contribution is 2.24. The number of carbonyl (C=O) groups is 1. The van der Waals surface area contributed by atoms with Crippen LogP contribution in [0.2, 0.25) is 0 Å². The van der Waals surface area contributed by atoms with Gasteiger partial charge in [-0.3, -0.25) is 14.7 Å². The summed E-state index contributed by atoms with van der Waals surface area (Å²) in [6, 6.07) is 0. The van der Waals surface area contributed by atoms with Gasteiger partial charge in [-0.05, 0) is 17.9 Å². The normalized spacial score (nSPS) is 17.5. The second kappa shape index (κ2) is 3.79. The minimum Gasteiger partial charge on any atom is -0.283 e. The first-order valence-electron chi connectivity index (χ1n) is 3.44. The standard InChI is InChI=1S/C6H7ClF2N2OS/c1-13-5-10-2-3-11(5)4(12)6(7,8)9/h2-3H2,1H3. The number of amidine groups is 1. The van der Waals surface area contributed by atoms with Crippen molar-refractivity contribution in [3.05, 3.63) is 0 Å². The van der Waals surface area contributed by atoms with Crippen LogP contribution in [0.1, 0.15) is 0 Å². The van der Waals surface area contributed by atoms with Gasteiger partial charge in [-0.2, -0.15) is 8.78 Å². The minimum atomic E-state index is -3.83. The number of hydrogen-bond donors (Lipinski definition) is 0. The third-order valence-electron chi connectivity index (χ3n) is 1.47. The summed E-state index contributed by atoms with van der Waals surface area (Å²) < 4.78 is 24.8. The molecule has 1 aliphatic heterocycles. The minimum absolute atomic E-state index is 0.178. The summed E-state index contributed by atoms with van der Waals surface area (Å²) in [6.45, 7) is 0.534. The van der Waals surface area contributed by atoms with Crippen LogP contribution in [0.4, 0.5) is 8.78 Å². The van der Waals surface area contributed by atoms with Crippen molar-refractivity contribution >= 4 is 34.4 Å². The monoisotopic (exact) mass is 228 g/mol. The molecule has 0 spiro atoms. The number of aliphatic imine (C=N–C) groups is 1. The number of alkyl halides is 3. The van der Waals surface area contributed by atoms with Crippen molar-refractivity contribution in [3.63, 3.8) is 0 Å². The Bertz CT molecular complexity index is 254. The van der Waals surface area contributed by atoms with Crippen molar-refractivity contribution in [2.45, 2.75) is 5.38 Å². The van der Waals surface area contributed by atoms with E-state index in [0.29, 0.717) is 11.7 Å². The van der Waals surface area contributed by atoms with Crippen molar-refractivity contribution < 1.29 is 13.6 Å². The molecule has 0 fully saturated rings. The maximum Gasteiger partial charge on any atom is 0.400 e. The van der Waals surface area contributed by atoms with Crippen LogP contribution < -0.4 is 0 Å². The van der Waals surface area contributed by atoms with Crippen molar-refractivity contribution in [2.24, 2.45) is 4.99 Å². The van der Waals surface area contributed by atoms with Gasteiger partial charge in [0.2, 0.25) is 0 Å². The van der Waals surface area contributed by atoms with Crippen LogP contribution in [-0.2, 0) is 4.79 Å². The molecular formula is C6H7ClF2N2OS. The zero-order valence-corrected chi connectivity index (χ0v) is 8.33. The van der Waals surface area contributed by atoms with Crippen molar-refractivity contribution in [1.82, 2.24) is 4.90 Å². The predicted octanol–water partition coefficient (Wildman–Crippen LogP) is 1.38. The van der Waals surface area contributed by atoms with Crippen molar-refractivity contribution in [1.29, 1.82) is 0 Å². The molecule has 0 aromatic carbocycles. The summed E-state index contributed by atoms with van der Waals surface area (Å²) in [5.41, 5.74) is 0. The van der Waals surface area contributed by atoms with Crippen LogP contribution in [0.25, 0.3) is 0 Å². The Morgan fingerprint density at radius 3 is 2.85 bits per heavy atom. The first-order chi connectivity index (χ1) is 5.96. The molecule has 74 valence electrons. The average molecular weight is 229 g/mol. The highest BCUT2D eigenvalue weighted by molar-refractivity contribution is 8.13. The lowest BCUT2D eigenvalue weighted by Gasteiger charge is -2.18. The van der Waals surface area contributed by atoms with E-state index in [2.05, 4.69) is 16.6 Å². The largest absolute Gasteiger partial charge is 0.400 e. The lowest BCUT2D eigenvalue weighted by atomic mass is 10.5. The number of nitrogens with zero attached hydrogens (tertiary/aromatic N) is 2. The van der Waals surface area contributed by atoms with E-state index in [4.69, 9.17) is 0 Å². The van der Waals surface area contributed by atoms with Gasteiger partial charge < -0.3 is 0 Å². The number of thioether (sulfide) groups is 1. The van der Waals surface area contributed by atoms with E-state index < -0.39 is 11.3 Å². The number of rotatable bonds is 1. The van der Waals surface area contributed by atoms with Gasteiger partial charge in [0.1, 0.15) is 0 Å². The number of carbonyl (C=O) groups excluding carboxylic acids is 1. The Morgan fingerprint density at radius 2 is 2.38 bits per heavy atom. The quantitative estimate of drug-likeness (QED) is 0.636. The van der Waals surface area contributed by atoms with Gasteiger partial charge in [0.05, 0.1) is 6.54 Å². The lowest BCUT2D eigenvalue weighted by Crippen LogP contribution is -2.41. The van der Waals surface area contributed by atoms with Crippen LogP contribution in [0, 0.1) is 0 Å². The lowest BCUT2D eigenvalue weighted by molar-refractivity contribution is -0.142. The van der Waals surface area contributed by atoms with E-state index in [0.717, 1.165) is 16.7 Å². The number of hydrogen-bond acceptors (Lipinski definition) is 3. The molecule has 0 radical (unpaired) electrons. The second-order valence-corrected chi connectivity index (χ2v) is 3.57. The SMILES string of the molecule is CSC1=NCCN1C(=O)C(F)(F)Cl. The molecular weight excluding hydrogens is 222 g/mol. The molecule has 0 saturated heterocycles. The first-order valence-corrected chi connectivity index (χ1v) is 5.04. The summed E-state index contributed by atoms with van der Waals surface area (Å²) in [4.78, 5) is 15.7. The molecule has 0 N–H and O–H groups in total. The first kappa shape index (κ1) is 10.7. The van der Waals surface area contributed by atoms with Crippen LogP contribution >= 0.6 is 23.4 Å². The summed E-state index contributed by atoms with van der Waals surface area (Å²) in [5.74, 6) is -1.40. The fourth-order valence-corrected chi connectivity index (χ4v) is 1.66. The molecule has 1 amide bonds. The Kier molecular flexibility index (Phi) is 3.13. The highest BCUT2D eigenvalue weighted by Gasteiger charge is 2.42. The van der Waals surface area contributed by atoms with Gasteiger partial charge in [-0.25, -0.2) is 0 Å². The Hall–Kier alpha value is -0.360. The molecule has 1 rings (SSSR count). The van der Waals surface area contributed by atoms with Gasteiger partial charge in [0.15, 0.2) is 5.17 Å². The summed E-state index contributed by atoms with van der Waals surface area (Å²) in [6.07, 6.45) is 1.66. The molecule has 1 aliphatic rings. The topological polar surface area (TPSA) is 32.7 Å². The van der Waals surface area contributed by atoms with Crippen LogP contribution in [0.15, 0.2) is 4.99 Å². The molecule has 0 saturated carbocycles. The summed E-state index contributed by atoms with van der Waals surface area (Å²) >= 11 is 5.75. The number of halogens is 3. The van der Waals surface area contributed by atoms with E-state index in [-0.39, 0.29) is 6.54 Å². The fraction of sp³-hybridized carbons (Fsp3) is 0.667. The Labute approximate surface area is 83.1 Å². The van der Waals surface area contributed by atoms with Crippen LogP contribution in [-0.4, -0.2) is 40.7 Å². The Balaban J connectivity index is 2.74. The molecule has 0 unspecified atom stereocenters. The van der Waals surface area contributed by atoms with E-state index in [1.807, 2.05) is 0 Å². The highest BCUT2D eigenvalue weighted by atomic mass is 35.5. The van der Waals surface area contributed by atoms with Crippen molar-refractivity contribution in [3.8, 4) is 0 Å². The molecule has 1 heterocycles. The maximum absolute atomic E-state index is 12.4. The van der Waals surface area contributed by atoms with Crippen LogP contribution in [0.3, 0.4) is 0 Å². The molecule has 0 aromatic rings. The second-order valence-electron chi connectivity index (χ2n) is 2.32. The Morgan fingerprint density at radius 1 is 1.77 bits per heavy atom. The molecule has 0 aliphatic carbocycles. The zero-order chi connectivity index (χ0) is 10.1. The third-order valence-corrected chi connectivity index (χ3v) is 2.35. The summed E-state index contributed by atoms with van der Waals surface area (Å²) in [5, 5.41) is -3.54. The molecule has 0 atom stereocenters. The molecule has 3 nitrogen and oxygen atoms in total. The molecule has 0 aromatic heterocycles. The molecule has 7 heteroatoms. The summed E-state index contributed by atoms with van der Waals surface area (Å²) in [7, 11) is 0. The average Bonchev–Trinajstić information content (AvgIpc) is 2.48. The van der Waals surface area contributed by atoms with Crippen LogP contribution in [0.5, 0.6) is 0 Å². The smallest absolute Gasteiger partial charge is 0.283 e. The maximum atomic E-state index is 12.4. The van der Waals surface area contributed by atoms with Gasteiger partial charge in [-0.1, -0.05) is 11.8 Å². The molecule has 0 bridgehead atoms. The van der Waals surface area contributed by atoms with Gasteiger partial charge in [0, 0.05) is 6.54 Å². The van der Waals surface area contributed by atoms with E-state index in [9.17, 15) is 13.6 Å². The molecule has 13 heavy (non-hydrogen) atoms.